The molecule has 1 aliphatic rings. The molecular formula is C22H20N2O3. The molecule has 1 amide bonds. The highest BCUT2D eigenvalue weighted by atomic mass is 16.7. The second kappa shape index (κ2) is 7.03. The fourth-order valence-electron chi connectivity index (χ4n) is 2.90. The van der Waals surface area contributed by atoms with Gasteiger partial charge in [0.05, 0.1) is 0 Å². The maximum atomic E-state index is 12.4. The normalized spacial score (nSPS) is 11.9. The molecule has 3 aromatic rings. The summed E-state index contributed by atoms with van der Waals surface area (Å²) >= 11 is 0. The predicted molar refractivity (Wildman–Crippen MR) is 106 cm³/mol. The monoisotopic (exact) mass is 360 g/mol. The molecule has 0 fully saturated rings. The van der Waals surface area contributed by atoms with Crippen molar-refractivity contribution in [3.63, 3.8) is 0 Å². The van der Waals surface area contributed by atoms with Gasteiger partial charge in [-0.1, -0.05) is 12.1 Å². The highest BCUT2D eigenvalue weighted by Crippen LogP contribution is 2.32. The van der Waals surface area contributed by atoms with E-state index >= 15 is 0 Å². The van der Waals surface area contributed by atoms with E-state index in [1.165, 1.54) is 11.1 Å². The predicted octanol–water partition coefficient (Wildman–Crippen LogP) is 5.03. The summed E-state index contributed by atoms with van der Waals surface area (Å²) in [4.78, 5) is 12.4. The minimum absolute atomic E-state index is 0.190. The van der Waals surface area contributed by atoms with E-state index in [-0.39, 0.29) is 12.7 Å². The van der Waals surface area contributed by atoms with Gasteiger partial charge in [0.15, 0.2) is 11.5 Å². The lowest BCUT2D eigenvalue weighted by Gasteiger charge is -2.12. The molecule has 1 heterocycles. The van der Waals surface area contributed by atoms with Crippen LogP contribution >= 0.6 is 0 Å². The van der Waals surface area contributed by atoms with Crippen LogP contribution in [-0.4, -0.2) is 12.7 Å². The van der Waals surface area contributed by atoms with E-state index in [1.807, 2.05) is 24.3 Å². The van der Waals surface area contributed by atoms with E-state index in [0.29, 0.717) is 17.1 Å². The molecule has 0 saturated heterocycles. The van der Waals surface area contributed by atoms with E-state index < -0.39 is 0 Å². The van der Waals surface area contributed by atoms with Gasteiger partial charge in [-0.2, -0.15) is 0 Å². The van der Waals surface area contributed by atoms with Gasteiger partial charge in [0.2, 0.25) is 6.79 Å². The van der Waals surface area contributed by atoms with E-state index in [9.17, 15) is 4.79 Å². The number of rotatable bonds is 4. The van der Waals surface area contributed by atoms with Crippen LogP contribution in [0.5, 0.6) is 11.5 Å². The number of aryl methyl sites for hydroxylation is 2. The summed E-state index contributed by atoms with van der Waals surface area (Å²) in [5.41, 5.74) is 5.68. The molecule has 2 N–H and O–H groups in total. The summed E-state index contributed by atoms with van der Waals surface area (Å²) in [7, 11) is 0. The number of ether oxygens (including phenoxy) is 2. The summed E-state index contributed by atoms with van der Waals surface area (Å²) in [5.74, 6) is 1.06. The molecular weight excluding hydrogens is 340 g/mol. The smallest absolute Gasteiger partial charge is 0.255 e. The molecule has 0 atom stereocenters. The van der Waals surface area contributed by atoms with Gasteiger partial charge in [-0.25, -0.2) is 0 Å². The van der Waals surface area contributed by atoms with Crippen LogP contribution in [0.25, 0.3) is 0 Å². The number of anilines is 3. The number of carbonyl (C=O) groups excluding carboxylic acids is 1. The number of nitrogens with one attached hydrogen (secondary N) is 2. The van der Waals surface area contributed by atoms with Crippen molar-refractivity contribution in [3.8, 4) is 11.5 Å². The first-order valence-electron chi connectivity index (χ1n) is 8.74. The fourth-order valence-corrected chi connectivity index (χ4v) is 2.90. The number of fused-ring (bicyclic) bond motifs is 1. The molecule has 0 aromatic heterocycles. The SMILES string of the molecule is Cc1ccc(C)c(Nc2ccc(NC(=O)c3ccc4c(c3)OCO4)cc2)c1. The van der Waals surface area contributed by atoms with Crippen LogP contribution in [0.2, 0.25) is 0 Å². The Morgan fingerprint density at radius 3 is 2.41 bits per heavy atom. The number of hydrogen-bond donors (Lipinski definition) is 2. The van der Waals surface area contributed by atoms with Gasteiger partial charge in [0.25, 0.3) is 5.91 Å². The van der Waals surface area contributed by atoms with E-state index in [2.05, 4.69) is 42.7 Å². The van der Waals surface area contributed by atoms with Crippen molar-refractivity contribution >= 4 is 23.0 Å². The Kier molecular flexibility index (Phi) is 4.42. The van der Waals surface area contributed by atoms with Crippen molar-refractivity contribution in [1.82, 2.24) is 0 Å². The molecule has 5 heteroatoms. The van der Waals surface area contributed by atoms with E-state index in [1.54, 1.807) is 18.2 Å². The maximum Gasteiger partial charge on any atom is 0.255 e. The summed E-state index contributed by atoms with van der Waals surface area (Å²) in [6, 6.07) is 19.1. The Morgan fingerprint density at radius 1 is 0.852 bits per heavy atom. The average Bonchev–Trinajstić information content (AvgIpc) is 3.14. The third-order valence-electron chi connectivity index (χ3n) is 4.45. The molecule has 0 bridgehead atoms. The first-order chi connectivity index (χ1) is 13.1. The second-order valence-corrected chi connectivity index (χ2v) is 6.54. The Bertz CT molecular complexity index is 997. The molecule has 4 rings (SSSR count). The number of hydrogen-bond acceptors (Lipinski definition) is 4. The summed E-state index contributed by atoms with van der Waals surface area (Å²) in [6.45, 7) is 4.33. The van der Waals surface area contributed by atoms with Gasteiger partial charge in [-0.15, -0.1) is 0 Å². The van der Waals surface area contributed by atoms with Crippen molar-refractivity contribution < 1.29 is 14.3 Å². The lowest BCUT2D eigenvalue weighted by molar-refractivity contribution is 0.102. The lowest BCUT2D eigenvalue weighted by atomic mass is 10.1. The zero-order valence-electron chi connectivity index (χ0n) is 15.2. The highest BCUT2D eigenvalue weighted by molar-refractivity contribution is 6.04. The molecule has 5 nitrogen and oxygen atoms in total. The molecule has 3 aromatic carbocycles. The van der Waals surface area contributed by atoms with Crippen LogP contribution in [0.3, 0.4) is 0 Å². The molecule has 0 unspecified atom stereocenters. The largest absolute Gasteiger partial charge is 0.454 e. The molecule has 0 aliphatic carbocycles. The molecule has 0 spiro atoms. The molecule has 0 saturated carbocycles. The van der Waals surface area contributed by atoms with Gasteiger partial charge < -0.3 is 20.1 Å². The minimum atomic E-state index is -0.191. The van der Waals surface area contributed by atoms with E-state index in [0.717, 1.165) is 17.1 Å². The Balaban J connectivity index is 1.44. The van der Waals surface area contributed by atoms with Crippen molar-refractivity contribution in [2.24, 2.45) is 0 Å². The fraction of sp³-hybridized carbons (Fsp3) is 0.136. The van der Waals surface area contributed by atoms with Crippen LogP contribution in [0.4, 0.5) is 17.1 Å². The topological polar surface area (TPSA) is 59.6 Å². The van der Waals surface area contributed by atoms with Crippen molar-refractivity contribution in [1.29, 1.82) is 0 Å². The van der Waals surface area contributed by atoms with Crippen LogP contribution in [-0.2, 0) is 0 Å². The van der Waals surface area contributed by atoms with Crippen molar-refractivity contribution in [3.05, 3.63) is 77.4 Å². The molecule has 1 aliphatic heterocycles. The Hall–Kier alpha value is -3.47. The summed E-state index contributed by atoms with van der Waals surface area (Å²) in [5, 5.41) is 6.31. The number of amides is 1. The van der Waals surface area contributed by atoms with Gasteiger partial charge in [0.1, 0.15) is 0 Å². The molecule has 136 valence electrons. The molecule has 27 heavy (non-hydrogen) atoms. The van der Waals surface area contributed by atoms with Crippen LogP contribution in [0, 0.1) is 13.8 Å². The lowest BCUT2D eigenvalue weighted by Crippen LogP contribution is -2.11. The van der Waals surface area contributed by atoms with Gasteiger partial charge in [-0.3, -0.25) is 4.79 Å². The van der Waals surface area contributed by atoms with Crippen molar-refractivity contribution in [2.75, 3.05) is 17.4 Å². The minimum Gasteiger partial charge on any atom is -0.454 e. The highest BCUT2D eigenvalue weighted by Gasteiger charge is 2.16. The summed E-state index contributed by atoms with van der Waals surface area (Å²) in [6.07, 6.45) is 0. The standard InChI is InChI=1S/C22H20N2O3/c1-14-3-4-15(2)19(11-14)23-17-6-8-18(9-7-17)24-22(25)16-5-10-20-21(12-16)27-13-26-20/h3-12,23H,13H2,1-2H3,(H,24,25). The quantitative estimate of drug-likeness (QED) is 0.685. The molecule has 0 radical (unpaired) electrons. The maximum absolute atomic E-state index is 12.4. The van der Waals surface area contributed by atoms with Crippen LogP contribution in [0.15, 0.2) is 60.7 Å². The Morgan fingerprint density at radius 2 is 1.59 bits per heavy atom. The Labute approximate surface area is 157 Å². The average molecular weight is 360 g/mol. The van der Waals surface area contributed by atoms with Gasteiger partial charge >= 0.3 is 0 Å². The van der Waals surface area contributed by atoms with Crippen LogP contribution in [0.1, 0.15) is 21.5 Å². The van der Waals surface area contributed by atoms with Gasteiger partial charge in [0, 0.05) is 22.6 Å². The zero-order chi connectivity index (χ0) is 18.8. The number of benzene rings is 3. The van der Waals surface area contributed by atoms with Crippen LogP contribution < -0.4 is 20.1 Å². The van der Waals surface area contributed by atoms with E-state index in [4.69, 9.17) is 9.47 Å². The third kappa shape index (κ3) is 3.72. The zero-order valence-corrected chi connectivity index (χ0v) is 15.2. The second-order valence-electron chi connectivity index (χ2n) is 6.54. The van der Waals surface area contributed by atoms with Crippen molar-refractivity contribution in [2.45, 2.75) is 13.8 Å². The third-order valence-corrected chi connectivity index (χ3v) is 4.45. The number of carbonyl (C=O) groups is 1. The first-order valence-corrected chi connectivity index (χ1v) is 8.74. The summed E-state index contributed by atoms with van der Waals surface area (Å²) < 4.78 is 10.6. The van der Waals surface area contributed by atoms with Gasteiger partial charge in [-0.05, 0) is 73.5 Å². The first kappa shape index (κ1) is 17.0.